The minimum atomic E-state index is 0.682. The van der Waals surface area contributed by atoms with Crippen molar-refractivity contribution in [2.45, 2.75) is 0 Å². The number of ether oxygens (including phenoxy) is 1. The van der Waals surface area contributed by atoms with Crippen LogP contribution < -0.4 is 9.75 Å². The number of aromatic nitrogens is 2. The van der Waals surface area contributed by atoms with Gasteiger partial charge in [-0.25, -0.2) is 9.99 Å². The van der Waals surface area contributed by atoms with E-state index < -0.39 is 0 Å². The molecule has 0 aliphatic rings. The molecule has 1 aromatic heterocycles. The molecule has 4 rings (SSSR count). The zero-order valence-electron chi connectivity index (χ0n) is 14.9. The van der Waals surface area contributed by atoms with Crippen molar-refractivity contribution < 1.29 is 4.74 Å². The van der Waals surface area contributed by atoms with Crippen molar-refractivity contribution in [2.24, 2.45) is 5.10 Å². The Hall–Kier alpha value is -3.73. The number of nitrogens with zero attached hydrogens (tertiary/aromatic N) is 4. The summed E-state index contributed by atoms with van der Waals surface area (Å²) in [6.07, 6.45) is 3.49. The van der Waals surface area contributed by atoms with Crippen LogP contribution >= 0.6 is 0 Å². The first kappa shape index (κ1) is 16.7. The van der Waals surface area contributed by atoms with E-state index in [9.17, 15) is 0 Å². The van der Waals surface area contributed by atoms with Gasteiger partial charge in [-0.1, -0.05) is 42.5 Å². The summed E-state index contributed by atoms with van der Waals surface area (Å²) in [7, 11) is 1.85. The molecule has 0 radical (unpaired) electrons. The summed E-state index contributed by atoms with van der Waals surface area (Å²) in [4.78, 5) is 9.01. The number of hydrazone groups is 1. The van der Waals surface area contributed by atoms with Gasteiger partial charge in [-0.3, -0.25) is 4.98 Å². The van der Waals surface area contributed by atoms with Gasteiger partial charge in [-0.05, 0) is 42.0 Å². The molecule has 0 atom stereocenters. The highest BCUT2D eigenvalue weighted by molar-refractivity contribution is 5.81. The average Bonchev–Trinajstić information content (AvgIpc) is 2.73. The Kier molecular flexibility index (Phi) is 4.74. The van der Waals surface area contributed by atoms with Gasteiger partial charge in [-0.2, -0.15) is 5.10 Å². The lowest BCUT2D eigenvalue weighted by Gasteiger charge is -2.12. The number of rotatable bonds is 5. The van der Waals surface area contributed by atoms with E-state index in [1.165, 1.54) is 0 Å². The molecular formula is C22H18N4O. The summed E-state index contributed by atoms with van der Waals surface area (Å²) in [5.41, 5.74) is 2.64. The van der Waals surface area contributed by atoms with Gasteiger partial charge in [-0.15, -0.1) is 0 Å². The fourth-order valence-electron chi connectivity index (χ4n) is 2.60. The molecule has 27 heavy (non-hydrogen) atoms. The molecule has 5 nitrogen and oxygen atoms in total. The molecule has 4 aromatic rings. The van der Waals surface area contributed by atoms with Crippen molar-refractivity contribution in [1.82, 2.24) is 9.97 Å². The normalized spacial score (nSPS) is 11.0. The molecule has 3 aromatic carbocycles. The fourth-order valence-corrected chi connectivity index (χ4v) is 2.60. The largest absolute Gasteiger partial charge is 0.457 e. The van der Waals surface area contributed by atoms with Crippen LogP contribution in [0.2, 0.25) is 0 Å². The number of benzene rings is 3. The Morgan fingerprint density at radius 1 is 0.852 bits per heavy atom. The van der Waals surface area contributed by atoms with Crippen LogP contribution in [0, 0.1) is 0 Å². The predicted molar refractivity (Wildman–Crippen MR) is 108 cm³/mol. The van der Waals surface area contributed by atoms with E-state index in [2.05, 4.69) is 15.1 Å². The van der Waals surface area contributed by atoms with Crippen LogP contribution in [0.25, 0.3) is 11.0 Å². The summed E-state index contributed by atoms with van der Waals surface area (Å²) in [5, 5.41) is 6.17. The number of hydrogen-bond acceptors (Lipinski definition) is 5. The summed E-state index contributed by atoms with van der Waals surface area (Å²) >= 11 is 0. The van der Waals surface area contributed by atoms with Crippen LogP contribution in [0.5, 0.6) is 11.5 Å². The zero-order valence-corrected chi connectivity index (χ0v) is 14.9. The topological polar surface area (TPSA) is 50.6 Å². The highest BCUT2D eigenvalue weighted by atomic mass is 16.5. The van der Waals surface area contributed by atoms with Crippen molar-refractivity contribution >= 4 is 23.1 Å². The van der Waals surface area contributed by atoms with E-state index >= 15 is 0 Å². The highest BCUT2D eigenvalue weighted by Gasteiger charge is 2.03. The third-order valence-electron chi connectivity index (χ3n) is 3.98. The third-order valence-corrected chi connectivity index (χ3v) is 3.98. The summed E-state index contributed by atoms with van der Waals surface area (Å²) in [6, 6.07) is 25.2. The van der Waals surface area contributed by atoms with Crippen molar-refractivity contribution in [3.63, 3.8) is 0 Å². The van der Waals surface area contributed by atoms with Crippen LogP contribution in [-0.2, 0) is 0 Å². The van der Waals surface area contributed by atoms with Crippen LogP contribution in [0.1, 0.15) is 5.56 Å². The molecule has 0 saturated carbocycles. The molecule has 0 N–H and O–H groups in total. The quantitative estimate of drug-likeness (QED) is 0.378. The second-order valence-corrected chi connectivity index (χ2v) is 5.97. The van der Waals surface area contributed by atoms with E-state index in [0.717, 1.165) is 28.1 Å². The monoisotopic (exact) mass is 354 g/mol. The lowest BCUT2D eigenvalue weighted by Crippen LogP contribution is -2.11. The van der Waals surface area contributed by atoms with Gasteiger partial charge in [0.15, 0.2) is 5.82 Å². The second kappa shape index (κ2) is 7.66. The Morgan fingerprint density at radius 2 is 1.59 bits per heavy atom. The van der Waals surface area contributed by atoms with Gasteiger partial charge in [0.25, 0.3) is 0 Å². The molecule has 0 bridgehead atoms. The first-order valence-corrected chi connectivity index (χ1v) is 8.60. The first-order chi connectivity index (χ1) is 13.3. The lowest BCUT2D eigenvalue weighted by atomic mass is 10.2. The number of hydrogen-bond donors (Lipinski definition) is 0. The highest BCUT2D eigenvalue weighted by Crippen LogP contribution is 2.21. The molecular weight excluding hydrogens is 336 g/mol. The van der Waals surface area contributed by atoms with E-state index in [4.69, 9.17) is 4.74 Å². The summed E-state index contributed by atoms with van der Waals surface area (Å²) in [6.45, 7) is 0. The molecule has 132 valence electrons. The molecule has 0 unspecified atom stereocenters. The predicted octanol–water partition coefficient (Wildman–Crippen LogP) is 4.89. The van der Waals surface area contributed by atoms with Crippen LogP contribution in [0.3, 0.4) is 0 Å². The molecule has 0 aliphatic carbocycles. The SMILES string of the molecule is CN(/N=C/c1cccc(Oc2ccccc2)c1)c1cnc2ccccc2n1. The fraction of sp³-hybridized carbons (Fsp3) is 0.0455. The maximum Gasteiger partial charge on any atom is 0.167 e. The Labute approximate surface area is 157 Å². The van der Waals surface area contributed by atoms with E-state index in [0.29, 0.717) is 5.82 Å². The molecule has 1 heterocycles. The van der Waals surface area contributed by atoms with Crippen LogP contribution in [-0.4, -0.2) is 23.2 Å². The molecule has 0 aliphatic heterocycles. The average molecular weight is 354 g/mol. The van der Waals surface area contributed by atoms with Gasteiger partial charge in [0.05, 0.1) is 23.4 Å². The molecule has 0 amide bonds. The zero-order chi connectivity index (χ0) is 18.5. The molecule has 0 saturated heterocycles. The minimum absolute atomic E-state index is 0.682. The van der Waals surface area contributed by atoms with Crippen LogP contribution in [0.4, 0.5) is 5.82 Å². The second-order valence-electron chi connectivity index (χ2n) is 5.97. The molecule has 0 fully saturated rings. The van der Waals surface area contributed by atoms with Crippen molar-refractivity contribution in [1.29, 1.82) is 0 Å². The van der Waals surface area contributed by atoms with Gasteiger partial charge >= 0.3 is 0 Å². The van der Waals surface area contributed by atoms with Crippen LogP contribution in [0.15, 0.2) is 90.2 Å². The van der Waals surface area contributed by atoms with Crippen molar-refractivity contribution in [2.75, 3.05) is 12.1 Å². The van der Waals surface area contributed by atoms with E-state index in [-0.39, 0.29) is 0 Å². The molecule has 5 heteroatoms. The Balaban J connectivity index is 1.50. The Morgan fingerprint density at radius 3 is 2.44 bits per heavy atom. The third kappa shape index (κ3) is 4.10. The maximum absolute atomic E-state index is 5.86. The lowest BCUT2D eigenvalue weighted by molar-refractivity contribution is 0.482. The van der Waals surface area contributed by atoms with Crippen molar-refractivity contribution in [3.05, 3.63) is 90.6 Å². The number of anilines is 1. The van der Waals surface area contributed by atoms with Gasteiger partial charge < -0.3 is 4.74 Å². The smallest absolute Gasteiger partial charge is 0.167 e. The van der Waals surface area contributed by atoms with Gasteiger partial charge in [0.2, 0.25) is 0 Å². The number of fused-ring (bicyclic) bond motifs is 1. The van der Waals surface area contributed by atoms with Crippen molar-refractivity contribution in [3.8, 4) is 11.5 Å². The summed E-state index contributed by atoms with van der Waals surface area (Å²) < 4.78 is 5.86. The first-order valence-electron chi connectivity index (χ1n) is 8.60. The standard InChI is InChI=1S/C22H18N4O/c1-26(22-16-23-20-12-5-6-13-21(20)25-22)24-15-17-8-7-11-19(14-17)27-18-9-3-2-4-10-18/h2-16H,1H3/b24-15+. The number of para-hydroxylation sites is 3. The van der Waals surface area contributed by atoms with Gasteiger partial charge in [0, 0.05) is 7.05 Å². The van der Waals surface area contributed by atoms with E-state index in [1.54, 1.807) is 17.4 Å². The Bertz CT molecular complexity index is 1080. The maximum atomic E-state index is 5.86. The molecule has 0 spiro atoms. The summed E-state index contributed by atoms with van der Waals surface area (Å²) in [5.74, 6) is 2.25. The van der Waals surface area contributed by atoms with E-state index in [1.807, 2.05) is 85.9 Å². The minimum Gasteiger partial charge on any atom is -0.457 e. The van der Waals surface area contributed by atoms with Gasteiger partial charge in [0.1, 0.15) is 11.5 Å².